The third-order valence-corrected chi connectivity index (χ3v) is 2.18. The van der Waals surface area contributed by atoms with E-state index in [0.717, 1.165) is 4.05 Å². The van der Waals surface area contributed by atoms with Crippen LogP contribution in [0.4, 0.5) is 0 Å². The Hall–Kier alpha value is 0.690. The minimum absolute atomic E-state index is 0.756. The lowest BCUT2D eigenvalue weighted by molar-refractivity contribution is 0.182. The Kier molecular flexibility index (Phi) is 1.92. The lowest BCUT2D eigenvalue weighted by Gasteiger charge is -2.33. The first kappa shape index (κ1) is 5.82. The van der Waals surface area contributed by atoms with Gasteiger partial charge in [-0.05, 0) is 13.3 Å². The van der Waals surface area contributed by atoms with Crippen LogP contribution in [0.5, 0.6) is 0 Å². The number of hydrogen-bond acceptors (Lipinski definition) is 1. The van der Waals surface area contributed by atoms with Gasteiger partial charge in [-0.25, -0.2) is 0 Å². The van der Waals surface area contributed by atoms with Crippen LogP contribution in [-0.2, 0) is 0 Å². The van der Waals surface area contributed by atoms with Gasteiger partial charge in [-0.3, -0.25) is 4.90 Å². The summed E-state index contributed by atoms with van der Waals surface area (Å²) in [4.78, 5) is 2.46. The molecule has 0 N–H and O–H groups in total. The first-order chi connectivity index (χ1) is 3.30. The molecule has 1 nitrogen and oxygen atoms in total. The van der Waals surface area contributed by atoms with E-state index in [2.05, 4.69) is 34.4 Å². The van der Waals surface area contributed by atoms with E-state index in [1.165, 1.54) is 19.5 Å². The van der Waals surface area contributed by atoms with Gasteiger partial charge in [-0.1, -0.05) is 22.6 Å². The topological polar surface area (TPSA) is 3.24 Å². The molecule has 0 radical (unpaired) electrons. The number of likely N-dealkylation sites (tertiary alicyclic amines) is 1. The molecule has 1 rings (SSSR count). The summed E-state index contributed by atoms with van der Waals surface area (Å²) in [6.07, 6.45) is 1.41. The van der Waals surface area contributed by atoms with Gasteiger partial charge in [0, 0.05) is 13.1 Å². The van der Waals surface area contributed by atoms with Gasteiger partial charge in [0.1, 0.15) is 0 Å². The fraction of sp³-hybridized carbons (Fsp3) is 1.00. The molecule has 1 fully saturated rings. The Labute approximate surface area is 58.2 Å². The van der Waals surface area contributed by atoms with Crippen molar-refractivity contribution in [3.05, 3.63) is 0 Å². The summed E-state index contributed by atoms with van der Waals surface area (Å²) in [5.41, 5.74) is 0. The van der Waals surface area contributed by atoms with Crippen molar-refractivity contribution in [1.82, 2.24) is 4.90 Å². The summed E-state index contributed by atoms with van der Waals surface area (Å²) in [6, 6.07) is 0. The fourth-order valence-electron chi connectivity index (χ4n) is 0.696. The molecule has 0 aromatic rings. The molecular weight excluding hydrogens is 201 g/mol. The van der Waals surface area contributed by atoms with Gasteiger partial charge in [0.2, 0.25) is 0 Å². The molecule has 2 heteroatoms. The molecule has 1 heterocycles. The van der Waals surface area contributed by atoms with Crippen LogP contribution in [0, 0.1) is 0 Å². The van der Waals surface area contributed by atoms with Crippen LogP contribution >= 0.6 is 22.6 Å². The average molecular weight is 211 g/mol. The van der Waals surface area contributed by atoms with E-state index >= 15 is 0 Å². The quantitative estimate of drug-likeness (QED) is 0.360. The summed E-state index contributed by atoms with van der Waals surface area (Å²) in [5, 5.41) is 0. The minimum atomic E-state index is 0.756. The number of nitrogens with zero attached hydrogens (tertiary/aromatic N) is 1. The van der Waals surface area contributed by atoms with Crippen LogP contribution < -0.4 is 0 Å². The second-order valence-electron chi connectivity index (χ2n) is 1.96. The molecule has 1 saturated heterocycles. The van der Waals surface area contributed by atoms with Crippen molar-refractivity contribution in [2.45, 2.75) is 17.4 Å². The number of hydrogen-bond donors (Lipinski definition) is 0. The van der Waals surface area contributed by atoms with Crippen molar-refractivity contribution in [3.63, 3.8) is 0 Å². The highest BCUT2D eigenvalue weighted by Crippen LogP contribution is 2.14. The van der Waals surface area contributed by atoms with Gasteiger partial charge >= 0.3 is 0 Å². The van der Waals surface area contributed by atoms with Crippen molar-refractivity contribution in [2.75, 3.05) is 13.1 Å². The van der Waals surface area contributed by atoms with E-state index in [1.54, 1.807) is 0 Å². The van der Waals surface area contributed by atoms with E-state index in [-0.39, 0.29) is 0 Å². The molecule has 0 bridgehead atoms. The van der Waals surface area contributed by atoms with Gasteiger partial charge < -0.3 is 0 Å². The van der Waals surface area contributed by atoms with Gasteiger partial charge in [-0.2, -0.15) is 0 Å². The Balaban J connectivity index is 2.14. The van der Waals surface area contributed by atoms with Gasteiger partial charge in [0.05, 0.1) is 4.05 Å². The third kappa shape index (κ3) is 1.29. The summed E-state index contributed by atoms with van der Waals surface area (Å²) < 4.78 is 0.756. The molecule has 1 aliphatic heterocycles. The Morgan fingerprint density at radius 2 is 2.14 bits per heavy atom. The maximum absolute atomic E-state index is 2.46. The van der Waals surface area contributed by atoms with Crippen molar-refractivity contribution >= 4 is 22.6 Å². The molecular formula is C5H10IN. The van der Waals surface area contributed by atoms with Crippen LogP contribution in [0.25, 0.3) is 0 Å². The van der Waals surface area contributed by atoms with Crippen LogP contribution in [-0.4, -0.2) is 22.0 Å². The summed E-state index contributed by atoms with van der Waals surface area (Å²) >= 11 is 2.45. The van der Waals surface area contributed by atoms with E-state index in [0.29, 0.717) is 0 Å². The van der Waals surface area contributed by atoms with Crippen LogP contribution in [0.3, 0.4) is 0 Å². The first-order valence-corrected chi connectivity index (χ1v) is 3.93. The molecule has 0 aromatic carbocycles. The molecule has 0 amide bonds. The maximum Gasteiger partial charge on any atom is 0.0589 e. The fourth-order valence-corrected chi connectivity index (χ4v) is 1.25. The summed E-state index contributed by atoms with van der Waals surface area (Å²) in [6.45, 7) is 4.88. The highest BCUT2D eigenvalue weighted by Gasteiger charge is 2.16. The average Bonchev–Trinajstić information content (AvgIpc) is 1.23. The number of halogens is 1. The smallest absolute Gasteiger partial charge is 0.0589 e. The predicted molar refractivity (Wildman–Crippen MR) is 39.7 cm³/mol. The summed E-state index contributed by atoms with van der Waals surface area (Å²) in [5.74, 6) is 0. The molecule has 42 valence electrons. The second kappa shape index (κ2) is 2.31. The van der Waals surface area contributed by atoms with Crippen molar-refractivity contribution in [3.8, 4) is 0 Å². The minimum Gasteiger partial charge on any atom is -0.292 e. The molecule has 1 atom stereocenters. The Bertz CT molecular complexity index is 59.1. The molecule has 0 spiro atoms. The number of alkyl halides is 1. The molecule has 7 heavy (non-hydrogen) atoms. The Morgan fingerprint density at radius 1 is 1.57 bits per heavy atom. The predicted octanol–water partition coefficient (Wildman–Crippen LogP) is 1.47. The van der Waals surface area contributed by atoms with E-state index in [9.17, 15) is 0 Å². The molecule has 1 aliphatic rings. The maximum atomic E-state index is 2.46. The zero-order valence-electron chi connectivity index (χ0n) is 4.52. The zero-order chi connectivity index (χ0) is 5.28. The van der Waals surface area contributed by atoms with E-state index in [4.69, 9.17) is 0 Å². The van der Waals surface area contributed by atoms with Gasteiger partial charge in [0.25, 0.3) is 0 Å². The monoisotopic (exact) mass is 211 g/mol. The molecule has 0 aliphatic carbocycles. The molecule has 1 unspecified atom stereocenters. The SMILES string of the molecule is CC(I)N1CCC1. The van der Waals surface area contributed by atoms with Crippen LogP contribution in [0.15, 0.2) is 0 Å². The number of rotatable bonds is 1. The first-order valence-electron chi connectivity index (χ1n) is 2.69. The second-order valence-corrected chi connectivity index (χ2v) is 3.77. The zero-order valence-corrected chi connectivity index (χ0v) is 6.68. The van der Waals surface area contributed by atoms with E-state index in [1.807, 2.05) is 0 Å². The highest BCUT2D eigenvalue weighted by molar-refractivity contribution is 14.1. The molecule has 0 aromatic heterocycles. The van der Waals surface area contributed by atoms with Crippen molar-refractivity contribution < 1.29 is 0 Å². The standard InChI is InChI=1S/C5H10IN/c1-5(6)7-3-2-4-7/h5H,2-4H2,1H3. The lowest BCUT2D eigenvalue weighted by Crippen LogP contribution is -2.40. The molecule has 0 saturated carbocycles. The van der Waals surface area contributed by atoms with Gasteiger partial charge in [0.15, 0.2) is 0 Å². The third-order valence-electron chi connectivity index (χ3n) is 1.39. The van der Waals surface area contributed by atoms with E-state index < -0.39 is 0 Å². The van der Waals surface area contributed by atoms with Crippen LogP contribution in [0.1, 0.15) is 13.3 Å². The summed E-state index contributed by atoms with van der Waals surface area (Å²) in [7, 11) is 0. The highest BCUT2D eigenvalue weighted by atomic mass is 127. The lowest BCUT2D eigenvalue weighted by atomic mass is 10.2. The normalized spacial score (nSPS) is 26.6. The van der Waals surface area contributed by atoms with Crippen molar-refractivity contribution in [1.29, 1.82) is 0 Å². The van der Waals surface area contributed by atoms with Crippen LogP contribution in [0.2, 0.25) is 0 Å². The largest absolute Gasteiger partial charge is 0.292 e. The Morgan fingerprint density at radius 3 is 2.14 bits per heavy atom. The van der Waals surface area contributed by atoms with Gasteiger partial charge in [-0.15, -0.1) is 0 Å². The van der Waals surface area contributed by atoms with Crippen molar-refractivity contribution in [2.24, 2.45) is 0 Å².